The van der Waals surface area contributed by atoms with Crippen LogP contribution in [-0.2, 0) is 6.18 Å². The molecule has 0 N–H and O–H groups in total. The molecule has 2 aromatic heterocycles. The van der Waals surface area contributed by atoms with Gasteiger partial charge in [0.1, 0.15) is 6.33 Å². The van der Waals surface area contributed by atoms with Crippen LogP contribution in [0.15, 0.2) is 73.3 Å². The molecular weight excluding hydrogens is 343 g/mol. The molecule has 7 heteroatoms. The minimum absolute atomic E-state index is 0.234. The summed E-state index contributed by atoms with van der Waals surface area (Å²) in [6, 6.07) is 14.3. The molecule has 2 aromatic carbocycles. The van der Waals surface area contributed by atoms with Gasteiger partial charge in [0, 0.05) is 23.4 Å². The van der Waals surface area contributed by atoms with Crippen molar-refractivity contribution in [3.05, 3.63) is 84.1 Å². The van der Waals surface area contributed by atoms with E-state index in [-0.39, 0.29) is 5.52 Å². The Labute approximate surface area is 146 Å². The molecule has 4 aromatic rings. The molecule has 4 nitrogen and oxygen atoms in total. The second-order valence-electron chi connectivity index (χ2n) is 5.79. The summed E-state index contributed by atoms with van der Waals surface area (Å²) >= 11 is 0. The van der Waals surface area contributed by atoms with Crippen molar-refractivity contribution < 1.29 is 17.9 Å². The second-order valence-corrected chi connectivity index (χ2v) is 5.79. The van der Waals surface area contributed by atoms with E-state index < -0.39 is 11.7 Å². The molecule has 4 rings (SSSR count). The summed E-state index contributed by atoms with van der Waals surface area (Å²) in [4.78, 5) is 4.17. The van der Waals surface area contributed by atoms with Crippen LogP contribution in [0.5, 0.6) is 0 Å². The minimum atomic E-state index is -4.49. The molecule has 0 amide bonds. The first-order valence-electron chi connectivity index (χ1n) is 7.76. The van der Waals surface area contributed by atoms with Crippen molar-refractivity contribution in [3.8, 4) is 16.8 Å². The first-order chi connectivity index (χ1) is 12.4. The number of halogens is 3. The zero-order valence-corrected chi connectivity index (χ0v) is 13.3. The smallest absolute Gasteiger partial charge is 0.416 e. The maximum absolute atomic E-state index is 13.3. The van der Waals surface area contributed by atoms with Crippen molar-refractivity contribution >= 4 is 11.0 Å². The lowest BCUT2D eigenvalue weighted by Gasteiger charge is -2.13. The van der Waals surface area contributed by atoms with Gasteiger partial charge >= 0.3 is 6.18 Å². The van der Waals surface area contributed by atoms with E-state index in [4.69, 9.17) is 0 Å². The van der Waals surface area contributed by atoms with Gasteiger partial charge in [0.2, 0.25) is 0 Å². The Kier molecular flexibility index (Phi) is 3.64. The average molecular weight is 355 g/mol. The highest BCUT2D eigenvalue weighted by Gasteiger charge is 2.32. The Balaban J connectivity index is 2.05. The van der Waals surface area contributed by atoms with Gasteiger partial charge in [-0.2, -0.15) is 17.9 Å². The molecular formula is C19H12F3N3O. The van der Waals surface area contributed by atoms with E-state index in [0.717, 1.165) is 17.8 Å². The molecule has 26 heavy (non-hydrogen) atoms. The van der Waals surface area contributed by atoms with Crippen molar-refractivity contribution in [2.45, 2.75) is 6.18 Å². The fourth-order valence-electron chi connectivity index (χ4n) is 2.91. The molecule has 0 saturated carbocycles. The van der Waals surface area contributed by atoms with Gasteiger partial charge in [-0.05, 0) is 29.8 Å². The predicted octanol–water partition coefficient (Wildman–Crippen LogP) is 4.34. The van der Waals surface area contributed by atoms with E-state index in [1.807, 2.05) is 30.3 Å². The number of pyridine rings is 1. The number of rotatable bonds is 2. The van der Waals surface area contributed by atoms with Crippen LogP contribution in [0, 0.1) is 5.21 Å². The highest BCUT2D eigenvalue weighted by molar-refractivity contribution is 5.94. The zero-order chi connectivity index (χ0) is 18.3. The van der Waals surface area contributed by atoms with Crippen LogP contribution >= 0.6 is 0 Å². The summed E-state index contributed by atoms with van der Waals surface area (Å²) in [5.41, 5.74) is 1.65. The standard InChI is InChI=1S/C19H12F3N3O/c20-19(21,22)14-10-16(13-6-8-24(26)9-7-13)18-17(11-14)23-12-25(18)15-4-2-1-3-5-15/h1-12H. The van der Waals surface area contributed by atoms with Crippen LogP contribution in [0.2, 0.25) is 0 Å². The van der Waals surface area contributed by atoms with Crippen LogP contribution in [-0.4, -0.2) is 9.55 Å². The lowest BCUT2D eigenvalue weighted by Crippen LogP contribution is -2.23. The number of para-hydroxylation sites is 1. The first kappa shape index (κ1) is 16.1. The van der Waals surface area contributed by atoms with E-state index in [0.29, 0.717) is 21.4 Å². The third-order valence-corrected chi connectivity index (χ3v) is 4.12. The van der Waals surface area contributed by atoms with E-state index in [2.05, 4.69) is 4.98 Å². The lowest BCUT2D eigenvalue weighted by atomic mass is 10.0. The molecule has 0 aliphatic heterocycles. The largest absolute Gasteiger partial charge is 0.619 e. The summed E-state index contributed by atoms with van der Waals surface area (Å²) in [5, 5.41) is 11.3. The van der Waals surface area contributed by atoms with Gasteiger partial charge in [-0.25, -0.2) is 4.98 Å². The molecule has 0 spiro atoms. The van der Waals surface area contributed by atoms with Gasteiger partial charge in [-0.15, -0.1) is 0 Å². The molecule has 0 atom stereocenters. The highest BCUT2D eigenvalue weighted by Crippen LogP contribution is 2.37. The van der Waals surface area contributed by atoms with Gasteiger partial charge in [0.15, 0.2) is 12.4 Å². The average Bonchev–Trinajstić information content (AvgIpc) is 3.06. The van der Waals surface area contributed by atoms with Crippen LogP contribution < -0.4 is 4.73 Å². The van der Waals surface area contributed by atoms with Crippen LogP contribution in [0.1, 0.15) is 5.56 Å². The number of benzene rings is 2. The van der Waals surface area contributed by atoms with Crippen molar-refractivity contribution in [2.75, 3.05) is 0 Å². The SMILES string of the molecule is [O-][n+]1ccc(-c2cc(C(F)(F)F)cc3ncn(-c4ccccc4)c23)cc1. The Bertz CT molecular complexity index is 1070. The predicted molar refractivity (Wildman–Crippen MR) is 90.5 cm³/mol. The van der Waals surface area contributed by atoms with Crippen molar-refractivity contribution in [3.63, 3.8) is 0 Å². The monoisotopic (exact) mass is 355 g/mol. The van der Waals surface area contributed by atoms with E-state index in [1.165, 1.54) is 30.9 Å². The van der Waals surface area contributed by atoms with Crippen LogP contribution in [0.4, 0.5) is 13.2 Å². The molecule has 130 valence electrons. The normalized spacial score (nSPS) is 11.8. The maximum atomic E-state index is 13.3. The Morgan fingerprint density at radius 1 is 0.962 bits per heavy atom. The Morgan fingerprint density at radius 3 is 2.31 bits per heavy atom. The number of hydrogen-bond donors (Lipinski definition) is 0. The molecule has 0 aliphatic rings. The van der Waals surface area contributed by atoms with Gasteiger partial charge in [0.25, 0.3) is 0 Å². The van der Waals surface area contributed by atoms with E-state index >= 15 is 0 Å². The van der Waals surface area contributed by atoms with Crippen LogP contribution in [0.25, 0.3) is 27.8 Å². The van der Waals surface area contributed by atoms with E-state index in [9.17, 15) is 18.4 Å². The lowest BCUT2D eigenvalue weighted by molar-refractivity contribution is -0.605. The summed E-state index contributed by atoms with van der Waals surface area (Å²) in [6.45, 7) is 0. The number of imidazole rings is 1. The highest BCUT2D eigenvalue weighted by atomic mass is 19.4. The molecule has 0 fully saturated rings. The van der Waals surface area contributed by atoms with Crippen molar-refractivity contribution in [2.24, 2.45) is 0 Å². The number of nitrogens with zero attached hydrogens (tertiary/aromatic N) is 3. The van der Waals surface area contributed by atoms with Gasteiger partial charge in [0.05, 0.1) is 16.6 Å². The molecule has 0 radical (unpaired) electrons. The fraction of sp³-hybridized carbons (Fsp3) is 0.0526. The summed E-state index contributed by atoms with van der Waals surface area (Å²) < 4.78 is 42.3. The quantitative estimate of drug-likeness (QED) is 0.396. The van der Waals surface area contributed by atoms with Gasteiger partial charge < -0.3 is 5.21 Å². The first-order valence-corrected chi connectivity index (χ1v) is 7.76. The second kappa shape index (κ2) is 5.87. The van der Waals surface area contributed by atoms with Gasteiger partial charge in [-0.3, -0.25) is 4.57 Å². The summed E-state index contributed by atoms with van der Waals surface area (Å²) in [7, 11) is 0. The zero-order valence-electron chi connectivity index (χ0n) is 13.3. The molecule has 0 aliphatic carbocycles. The van der Waals surface area contributed by atoms with Gasteiger partial charge in [-0.1, -0.05) is 18.2 Å². The summed E-state index contributed by atoms with van der Waals surface area (Å²) in [6.07, 6.45) is -0.484. The number of fused-ring (bicyclic) bond motifs is 1. The number of alkyl halides is 3. The number of aromatic nitrogens is 3. The van der Waals surface area contributed by atoms with Crippen LogP contribution in [0.3, 0.4) is 0 Å². The van der Waals surface area contributed by atoms with E-state index in [1.54, 1.807) is 4.57 Å². The van der Waals surface area contributed by atoms with Crippen molar-refractivity contribution in [1.82, 2.24) is 9.55 Å². The molecule has 0 bridgehead atoms. The topological polar surface area (TPSA) is 44.8 Å². The summed E-state index contributed by atoms with van der Waals surface area (Å²) in [5.74, 6) is 0. The Morgan fingerprint density at radius 2 is 1.65 bits per heavy atom. The molecule has 0 unspecified atom stereocenters. The molecule has 2 heterocycles. The third-order valence-electron chi connectivity index (χ3n) is 4.12. The number of hydrogen-bond acceptors (Lipinski definition) is 2. The maximum Gasteiger partial charge on any atom is 0.416 e. The molecule has 0 saturated heterocycles. The minimum Gasteiger partial charge on any atom is -0.619 e. The van der Waals surface area contributed by atoms with Crippen molar-refractivity contribution in [1.29, 1.82) is 0 Å². The third kappa shape index (κ3) is 2.77. The Hall–Kier alpha value is -3.35. The fourth-order valence-corrected chi connectivity index (χ4v) is 2.91.